The highest BCUT2D eigenvalue weighted by Crippen LogP contribution is 2.34. The van der Waals surface area contributed by atoms with E-state index in [-0.39, 0.29) is 0 Å². The third-order valence-electron chi connectivity index (χ3n) is 3.87. The minimum atomic E-state index is 0.800. The van der Waals surface area contributed by atoms with Crippen molar-refractivity contribution in [3.05, 3.63) is 29.8 Å². The van der Waals surface area contributed by atoms with E-state index in [9.17, 15) is 0 Å². The summed E-state index contributed by atoms with van der Waals surface area (Å²) in [6.45, 7) is 3.43. The molecule has 1 heterocycles. The molecule has 0 saturated heterocycles. The van der Waals surface area contributed by atoms with Gasteiger partial charge in [0.2, 0.25) is 0 Å². The van der Waals surface area contributed by atoms with Gasteiger partial charge in [0, 0.05) is 12.2 Å². The van der Waals surface area contributed by atoms with Crippen molar-refractivity contribution in [3.63, 3.8) is 0 Å². The third kappa shape index (κ3) is 3.49. The van der Waals surface area contributed by atoms with Gasteiger partial charge in [-0.1, -0.05) is 57.2 Å². The smallest absolute Gasteiger partial charge is 0.0375 e. The molecule has 0 amide bonds. The molecule has 94 valence electrons. The Labute approximate surface area is 106 Å². The fourth-order valence-corrected chi connectivity index (χ4v) is 2.84. The second kappa shape index (κ2) is 6.68. The zero-order valence-electron chi connectivity index (χ0n) is 11.0. The summed E-state index contributed by atoms with van der Waals surface area (Å²) < 4.78 is 0. The highest BCUT2D eigenvalue weighted by atomic mass is 14.9. The average Bonchev–Trinajstić information content (AvgIpc) is 2.39. The Morgan fingerprint density at radius 2 is 1.94 bits per heavy atom. The van der Waals surface area contributed by atoms with E-state index in [1.807, 2.05) is 0 Å². The lowest BCUT2D eigenvalue weighted by atomic mass is 9.87. The van der Waals surface area contributed by atoms with Crippen LogP contribution in [0, 0.1) is 0 Å². The number of para-hydroxylation sites is 1. The van der Waals surface area contributed by atoms with Gasteiger partial charge in [0.25, 0.3) is 0 Å². The van der Waals surface area contributed by atoms with Gasteiger partial charge < -0.3 is 5.32 Å². The molecule has 1 unspecified atom stereocenters. The van der Waals surface area contributed by atoms with Crippen LogP contribution in [0.25, 0.3) is 0 Å². The first-order chi connectivity index (χ1) is 8.42. The Balaban J connectivity index is 1.82. The standard InChI is InChI=1S/C16H25N/c1-2-3-4-5-6-9-14-12-13-17-16-11-8-7-10-15(14)16/h7-8,10-11,14,17H,2-6,9,12-13H2,1H3. The number of unbranched alkanes of at least 4 members (excludes halogenated alkanes) is 4. The Kier molecular flexibility index (Phi) is 4.90. The van der Waals surface area contributed by atoms with Crippen LogP contribution >= 0.6 is 0 Å². The van der Waals surface area contributed by atoms with Gasteiger partial charge in [-0.25, -0.2) is 0 Å². The first-order valence-corrected chi connectivity index (χ1v) is 7.24. The summed E-state index contributed by atoms with van der Waals surface area (Å²) in [5.74, 6) is 0.800. The van der Waals surface area contributed by atoms with E-state index >= 15 is 0 Å². The van der Waals surface area contributed by atoms with E-state index in [0.29, 0.717) is 0 Å². The predicted octanol–water partition coefficient (Wildman–Crippen LogP) is 4.95. The number of benzene rings is 1. The van der Waals surface area contributed by atoms with E-state index in [1.165, 1.54) is 50.6 Å². The van der Waals surface area contributed by atoms with E-state index in [2.05, 4.69) is 36.5 Å². The number of hydrogen-bond acceptors (Lipinski definition) is 1. The molecule has 17 heavy (non-hydrogen) atoms. The molecule has 0 aromatic heterocycles. The van der Waals surface area contributed by atoms with E-state index in [4.69, 9.17) is 0 Å². The molecular formula is C16H25N. The van der Waals surface area contributed by atoms with Gasteiger partial charge in [-0.3, -0.25) is 0 Å². The fraction of sp³-hybridized carbons (Fsp3) is 0.625. The Morgan fingerprint density at radius 1 is 1.12 bits per heavy atom. The monoisotopic (exact) mass is 231 g/mol. The van der Waals surface area contributed by atoms with Gasteiger partial charge in [0.1, 0.15) is 0 Å². The van der Waals surface area contributed by atoms with Crippen molar-refractivity contribution in [2.75, 3.05) is 11.9 Å². The van der Waals surface area contributed by atoms with Gasteiger partial charge in [-0.05, 0) is 30.4 Å². The van der Waals surface area contributed by atoms with Crippen LogP contribution in [-0.2, 0) is 0 Å². The lowest BCUT2D eigenvalue weighted by molar-refractivity contribution is 0.521. The Bertz CT molecular complexity index is 332. The van der Waals surface area contributed by atoms with Crippen molar-refractivity contribution in [2.24, 2.45) is 0 Å². The average molecular weight is 231 g/mol. The van der Waals surface area contributed by atoms with Crippen molar-refractivity contribution in [3.8, 4) is 0 Å². The summed E-state index contributed by atoms with van der Waals surface area (Å²) in [4.78, 5) is 0. The molecule has 0 saturated carbocycles. The van der Waals surface area contributed by atoms with Crippen molar-refractivity contribution in [1.82, 2.24) is 0 Å². The van der Waals surface area contributed by atoms with E-state index in [0.717, 1.165) is 12.5 Å². The van der Waals surface area contributed by atoms with Gasteiger partial charge in [0.15, 0.2) is 0 Å². The maximum Gasteiger partial charge on any atom is 0.0375 e. The predicted molar refractivity (Wildman–Crippen MR) is 75.7 cm³/mol. The van der Waals surface area contributed by atoms with Crippen LogP contribution in [0.4, 0.5) is 5.69 Å². The Morgan fingerprint density at radius 3 is 2.82 bits per heavy atom. The summed E-state index contributed by atoms with van der Waals surface area (Å²) in [7, 11) is 0. The van der Waals surface area contributed by atoms with Crippen LogP contribution in [0.1, 0.15) is 63.4 Å². The number of anilines is 1. The topological polar surface area (TPSA) is 12.0 Å². The molecule has 0 aliphatic carbocycles. The molecule has 1 heteroatoms. The maximum atomic E-state index is 3.50. The fourth-order valence-electron chi connectivity index (χ4n) is 2.84. The number of hydrogen-bond donors (Lipinski definition) is 1. The maximum absolute atomic E-state index is 3.50. The lowest BCUT2D eigenvalue weighted by Gasteiger charge is -2.26. The quantitative estimate of drug-likeness (QED) is 0.683. The van der Waals surface area contributed by atoms with Gasteiger partial charge in [-0.2, -0.15) is 0 Å². The molecule has 1 aromatic rings. The van der Waals surface area contributed by atoms with Gasteiger partial charge >= 0.3 is 0 Å². The van der Waals surface area contributed by atoms with Crippen molar-refractivity contribution in [1.29, 1.82) is 0 Å². The van der Waals surface area contributed by atoms with Crippen LogP contribution in [0.2, 0.25) is 0 Å². The van der Waals surface area contributed by atoms with Gasteiger partial charge in [0.05, 0.1) is 0 Å². The van der Waals surface area contributed by atoms with E-state index < -0.39 is 0 Å². The second-order valence-corrected chi connectivity index (χ2v) is 5.20. The molecule has 1 N–H and O–H groups in total. The normalized spacial score (nSPS) is 18.5. The molecular weight excluding hydrogens is 206 g/mol. The summed E-state index contributed by atoms with van der Waals surface area (Å²) in [5, 5.41) is 3.50. The molecule has 0 radical (unpaired) electrons. The molecule has 2 rings (SSSR count). The highest BCUT2D eigenvalue weighted by Gasteiger charge is 2.18. The molecule has 1 nitrogen and oxygen atoms in total. The van der Waals surface area contributed by atoms with Crippen LogP contribution < -0.4 is 5.32 Å². The highest BCUT2D eigenvalue weighted by molar-refractivity contribution is 5.54. The Hall–Kier alpha value is -0.980. The van der Waals surface area contributed by atoms with Crippen molar-refractivity contribution < 1.29 is 0 Å². The molecule has 0 spiro atoms. The zero-order chi connectivity index (χ0) is 11.9. The van der Waals surface area contributed by atoms with Crippen LogP contribution in [0.3, 0.4) is 0 Å². The lowest BCUT2D eigenvalue weighted by Crippen LogP contribution is -2.16. The third-order valence-corrected chi connectivity index (χ3v) is 3.87. The largest absolute Gasteiger partial charge is 0.385 e. The first kappa shape index (κ1) is 12.5. The zero-order valence-corrected chi connectivity index (χ0v) is 11.0. The van der Waals surface area contributed by atoms with Crippen molar-refractivity contribution >= 4 is 5.69 Å². The van der Waals surface area contributed by atoms with E-state index in [1.54, 1.807) is 5.56 Å². The molecule has 1 aromatic carbocycles. The van der Waals surface area contributed by atoms with Gasteiger partial charge in [-0.15, -0.1) is 0 Å². The van der Waals surface area contributed by atoms with Crippen LogP contribution in [0.5, 0.6) is 0 Å². The number of fused-ring (bicyclic) bond motifs is 1. The summed E-state index contributed by atoms with van der Waals surface area (Å²) in [6, 6.07) is 8.84. The summed E-state index contributed by atoms with van der Waals surface area (Å²) in [5.41, 5.74) is 2.92. The first-order valence-electron chi connectivity index (χ1n) is 7.24. The van der Waals surface area contributed by atoms with Crippen LogP contribution in [0.15, 0.2) is 24.3 Å². The SMILES string of the molecule is CCCCCCCC1CCNc2ccccc21. The minimum Gasteiger partial charge on any atom is -0.385 e. The minimum absolute atomic E-state index is 0.800. The molecule has 0 bridgehead atoms. The van der Waals surface area contributed by atoms with Crippen LogP contribution in [-0.4, -0.2) is 6.54 Å². The molecule has 1 atom stereocenters. The molecule has 1 aliphatic heterocycles. The number of nitrogens with one attached hydrogen (secondary N) is 1. The second-order valence-electron chi connectivity index (χ2n) is 5.20. The van der Waals surface area contributed by atoms with Crippen molar-refractivity contribution in [2.45, 2.75) is 57.8 Å². The summed E-state index contributed by atoms with van der Waals surface area (Å²) >= 11 is 0. The molecule has 0 fully saturated rings. The summed E-state index contributed by atoms with van der Waals surface area (Å²) in [6.07, 6.45) is 9.67. The number of rotatable bonds is 6. The molecule has 1 aliphatic rings.